The zero-order valence-electron chi connectivity index (χ0n) is 18.4. The fraction of sp³-hybridized carbons (Fsp3) is 0.391. The van der Waals surface area contributed by atoms with Crippen molar-refractivity contribution in [1.29, 1.82) is 0 Å². The topological polar surface area (TPSA) is 91.2 Å². The molecule has 4 rings (SSSR count). The molecule has 1 N–H and O–H groups in total. The van der Waals surface area contributed by atoms with Gasteiger partial charge in [-0.1, -0.05) is 31.7 Å². The second-order valence-electron chi connectivity index (χ2n) is 7.94. The first kappa shape index (κ1) is 22.1. The van der Waals surface area contributed by atoms with Gasteiger partial charge in [-0.2, -0.15) is 0 Å². The number of benzene rings is 1. The molecule has 168 valence electrons. The van der Waals surface area contributed by atoms with E-state index in [0.717, 1.165) is 34.9 Å². The van der Waals surface area contributed by atoms with Crippen LogP contribution in [-0.4, -0.2) is 44.6 Å². The molecule has 1 aromatic carbocycles. The minimum atomic E-state index is -0.132. The van der Waals surface area contributed by atoms with Gasteiger partial charge < -0.3 is 19.4 Å². The van der Waals surface area contributed by atoms with Crippen molar-refractivity contribution in [2.75, 3.05) is 19.0 Å². The highest BCUT2D eigenvalue weighted by molar-refractivity contribution is 7.99. The van der Waals surface area contributed by atoms with Crippen molar-refractivity contribution in [3.05, 3.63) is 48.3 Å². The van der Waals surface area contributed by atoms with Gasteiger partial charge >= 0.3 is 0 Å². The smallest absolute Gasteiger partial charge is 0.230 e. The van der Waals surface area contributed by atoms with Crippen molar-refractivity contribution in [3.8, 4) is 22.9 Å². The lowest BCUT2D eigenvalue weighted by Gasteiger charge is -2.24. The molecule has 0 fully saturated rings. The number of fused-ring (bicyclic) bond motifs is 1. The molecule has 8 nitrogen and oxygen atoms in total. The van der Waals surface area contributed by atoms with Gasteiger partial charge in [0.1, 0.15) is 0 Å². The van der Waals surface area contributed by atoms with Crippen LogP contribution >= 0.6 is 11.8 Å². The van der Waals surface area contributed by atoms with E-state index < -0.39 is 0 Å². The summed E-state index contributed by atoms with van der Waals surface area (Å²) in [7, 11) is 1.89. The molecule has 3 aromatic rings. The molecule has 0 bridgehead atoms. The van der Waals surface area contributed by atoms with Gasteiger partial charge in [0.15, 0.2) is 22.5 Å². The number of rotatable bonds is 7. The Morgan fingerprint density at radius 2 is 1.88 bits per heavy atom. The molecule has 2 aromatic heterocycles. The van der Waals surface area contributed by atoms with Crippen LogP contribution in [0, 0.1) is 5.92 Å². The Morgan fingerprint density at radius 3 is 2.62 bits per heavy atom. The van der Waals surface area contributed by atoms with E-state index in [2.05, 4.69) is 34.3 Å². The molecule has 1 aliphatic heterocycles. The summed E-state index contributed by atoms with van der Waals surface area (Å²) in [5.74, 6) is 2.62. The maximum absolute atomic E-state index is 12.8. The molecule has 0 saturated carbocycles. The molecule has 32 heavy (non-hydrogen) atoms. The van der Waals surface area contributed by atoms with Gasteiger partial charge in [-0.3, -0.25) is 9.78 Å². The molecule has 1 amide bonds. The Hall–Kier alpha value is -3.07. The zero-order chi connectivity index (χ0) is 22.5. The summed E-state index contributed by atoms with van der Waals surface area (Å²) in [4.78, 5) is 16.8. The van der Waals surface area contributed by atoms with Crippen molar-refractivity contribution in [1.82, 2.24) is 25.1 Å². The van der Waals surface area contributed by atoms with Crippen molar-refractivity contribution >= 4 is 17.7 Å². The zero-order valence-corrected chi connectivity index (χ0v) is 19.3. The van der Waals surface area contributed by atoms with E-state index in [-0.39, 0.29) is 23.6 Å². The SMILES string of the molecule is CC(C)C(NC(=O)CSc1nnc(-c2ccncc2)n1C)c1ccc2c(c1)OCCCO2. The highest BCUT2D eigenvalue weighted by atomic mass is 32.2. The largest absolute Gasteiger partial charge is 0.490 e. The minimum absolute atomic E-state index is 0.0609. The second kappa shape index (κ2) is 10.0. The Kier molecular flexibility index (Phi) is 6.94. The fourth-order valence-corrected chi connectivity index (χ4v) is 4.27. The molecular formula is C23H27N5O3S. The number of hydrogen-bond acceptors (Lipinski definition) is 7. The lowest BCUT2D eigenvalue weighted by Crippen LogP contribution is -2.33. The van der Waals surface area contributed by atoms with Gasteiger partial charge in [0, 0.05) is 31.4 Å². The standard InChI is InChI=1S/C23H27N5O3S/c1-15(2)21(17-5-6-18-19(13-17)31-12-4-11-30-18)25-20(29)14-32-23-27-26-22(28(23)3)16-7-9-24-10-8-16/h5-10,13,15,21H,4,11-12,14H2,1-3H3,(H,25,29). The molecule has 3 heterocycles. The van der Waals surface area contributed by atoms with Crippen LogP contribution < -0.4 is 14.8 Å². The summed E-state index contributed by atoms with van der Waals surface area (Å²) in [5, 5.41) is 12.3. The predicted octanol–water partition coefficient (Wildman–Crippen LogP) is 3.64. The number of hydrogen-bond donors (Lipinski definition) is 1. The maximum Gasteiger partial charge on any atom is 0.230 e. The van der Waals surface area contributed by atoms with Crippen molar-refractivity contribution in [2.24, 2.45) is 13.0 Å². The Balaban J connectivity index is 1.41. The number of pyridine rings is 1. The summed E-state index contributed by atoms with van der Waals surface area (Å²) >= 11 is 1.36. The molecule has 1 aliphatic rings. The number of nitrogens with zero attached hydrogens (tertiary/aromatic N) is 4. The third kappa shape index (κ3) is 5.04. The third-order valence-corrected chi connectivity index (χ3v) is 6.24. The summed E-state index contributed by atoms with van der Waals surface area (Å²) in [6.07, 6.45) is 4.29. The van der Waals surface area contributed by atoms with Crippen LogP contribution in [0.3, 0.4) is 0 Å². The molecule has 9 heteroatoms. The van der Waals surface area contributed by atoms with E-state index in [0.29, 0.717) is 18.4 Å². The van der Waals surface area contributed by atoms with Crippen molar-refractivity contribution < 1.29 is 14.3 Å². The van der Waals surface area contributed by atoms with Gasteiger partial charge in [0.2, 0.25) is 5.91 Å². The fourth-order valence-electron chi connectivity index (χ4n) is 3.55. The molecule has 1 atom stereocenters. The average molecular weight is 454 g/mol. The van der Waals surface area contributed by atoms with Crippen molar-refractivity contribution in [2.45, 2.75) is 31.5 Å². The van der Waals surface area contributed by atoms with E-state index in [1.165, 1.54) is 11.8 Å². The van der Waals surface area contributed by atoms with E-state index in [1.807, 2.05) is 41.9 Å². The molecule has 1 unspecified atom stereocenters. The monoisotopic (exact) mass is 453 g/mol. The first-order chi connectivity index (χ1) is 15.5. The predicted molar refractivity (Wildman–Crippen MR) is 123 cm³/mol. The summed E-state index contributed by atoms with van der Waals surface area (Å²) < 4.78 is 13.4. The van der Waals surface area contributed by atoms with E-state index in [1.54, 1.807) is 12.4 Å². The van der Waals surface area contributed by atoms with Gasteiger partial charge in [0.25, 0.3) is 0 Å². The van der Waals surface area contributed by atoms with Crippen LogP contribution in [0.1, 0.15) is 31.9 Å². The highest BCUT2D eigenvalue weighted by Crippen LogP contribution is 2.34. The van der Waals surface area contributed by atoms with Gasteiger partial charge in [0.05, 0.1) is 25.0 Å². The van der Waals surface area contributed by atoms with Gasteiger partial charge in [-0.15, -0.1) is 10.2 Å². The number of carbonyl (C=O) groups excluding carboxylic acids is 1. The molecule has 0 saturated heterocycles. The van der Waals surface area contributed by atoms with Crippen LogP contribution in [-0.2, 0) is 11.8 Å². The van der Waals surface area contributed by atoms with Gasteiger partial charge in [-0.25, -0.2) is 0 Å². The van der Waals surface area contributed by atoms with Crippen LogP contribution in [0.15, 0.2) is 47.9 Å². The molecule has 0 radical (unpaired) electrons. The average Bonchev–Trinajstić information content (AvgIpc) is 3.01. The van der Waals surface area contributed by atoms with E-state index >= 15 is 0 Å². The summed E-state index contributed by atoms with van der Waals surface area (Å²) in [6, 6.07) is 9.53. The number of aromatic nitrogens is 4. The van der Waals surface area contributed by atoms with E-state index in [9.17, 15) is 4.79 Å². The number of ether oxygens (including phenoxy) is 2. The normalized spacial score (nSPS) is 14.1. The number of nitrogens with one attached hydrogen (secondary N) is 1. The van der Waals surface area contributed by atoms with Crippen molar-refractivity contribution in [3.63, 3.8) is 0 Å². The first-order valence-electron chi connectivity index (χ1n) is 10.6. The highest BCUT2D eigenvalue weighted by Gasteiger charge is 2.22. The van der Waals surface area contributed by atoms with Crippen LogP contribution in [0.5, 0.6) is 11.5 Å². The van der Waals surface area contributed by atoms with Crippen LogP contribution in [0.4, 0.5) is 0 Å². The second-order valence-corrected chi connectivity index (χ2v) is 8.88. The Bertz CT molecular complexity index is 1070. The lowest BCUT2D eigenvalue weighted by molar-refractivity contribution is -0.119. The maximum atomic E-state index is 12.8. The Labute approximate surface area is 191 Å². The number of amides is 1. The summed E-state index contributed by atoms with van der Waals surface area (Å²) in [5.41, 5.74) is 1.93. The Morgan fingerprint density at radius 1 is 1.12 bits per heavy atom. The first-order valence-corrected chi connectivity index (χ1v) is 11.6. The van der Waals surface area contributed by atoms with E-state index in [4.69, 9.17) is 9.47 Å². The lowest BCUT2D eigenvalue weighted by atomic mass is 9.95. The summed E-state index contributed by atoms with van der Waals surface area (Å²) in [6.45, 7) is 5.46. The quantitative estimate of drug-likeness (QED) is 0.546. The third-order valence-electron chi connectivity index (χ3n) is 5.22. The molecule has 0 spiro atoms. The van der Waals surface area contributed by atoms with Crippen LogP contribution in [0.2, 0.25) is 0 Å². The number of carbonyl (C=O) groups is 1. The van der Waals surface area contributed by atoms with Gasteiger partial charge in [-0.05, 0) is 35.7 Å². The molecular weight excluding hydrogens is 426 g/mol. The molecule has 0 aliphatic carbocycles. The minimum Gasteiger partial charge on any atom is -0.490 e. The number of thioether (sulfide) groups is 1. The van der Waals surface area contributed by atoms with Crippen LogP contribution in [0.25, 0.3) is 11.4 Å².